The molecule has 0 spiro atoms. The second-order valence-corrected chi connectivity index (χ2v) is 4.20. The van der Waals surface area contributed by atoms with Crippen molar-refractivity contribution in [2.45, 2.75) is 32.6 Å². The first kappa shape index (κ1) is 14.0. The van der Waals surface area contributed by atoms with Crippen LogP contribution in [0.15, 0.2) is 18.2 Å². The van der Waals surface area contributed by atoms with Crippen LogP contribution in [0.5, 0.6) is 0 Å². The number of halogens is 2. The SMILES string of the molecule is CCCC(C(=O)OCC)c1ccc(Cl)cc1F. The number of hydrogen-bond donors (Lipinski definition) is 0. The van der Waals surface area contributed by atoms with Crippen molar-refractivity contribution in [3.8, 4) is 0 Å². The molecule has 0 aliphatic carbocycles. The maximum atomic E-state index is 13.7. The topological polar surface area (TPSA) is 26.3 Å². The van der Waals surface area contributed by atoms with Crippen LogP contribution in [0.2, 0.25) is 5.02 Å². The summed E-state index contributed by atoms with van der Waals surface area (Å²) in [4.78, 5) is 11.7. The largest absolute Gasteiger partial charge is 0.466 e. The standard InChI is InChI=1S/C13H16ClFO2/c1-3-5-11(13(16)17-4-2)10-7-6-9(14)8-12(10)15/h6-8,11H,3-5H2,1-2H3. The molecule has 1 rings (SSSR count). The average Bonchev–Trinajstić information content (AvgIpc) is 2.27. The summed E-state index contributed by atoms with van der Waals surface area (Å²) in [5, 5.41) is 0.324. The lowest BCUT2D eigenvalue weighted by atomic mass is 9.94. The third kappa shape index (κ3) is 3.70. The van der Waals surface area contributed by atoms with Gasteiger partial charge in [-0.25, -0.2) is 4.39 Å². The van der Waals surface area contributed by atoms with Gasteiger partial charge in [-0.15, -0.1) is 0 Å². The first-order valence-electron chi connectivity index (χ1n) is 5.71. The van der Waals surface area contributed by atoms with Crippen LogP contribution in [0.25, 0.3) is 0 Å². The van der Waals surface area contributed by atoms with Crippen LogP contribution in [0.4, 0.5) is 4.39 Å². The van der Waals surface area contributed by atoms with Crippen molar-refractivity contribution < 1.29 is 13.9 Å². The highest BCUT2D eigenvalue weighted by molar-refractivity contribution is 6.30. The lowest BCUT2D eigenvalue weighted by Crippen LogP contribution is -2.17. The Morgan fingerprint density at radius 3 is 2.71 bits per heavy atom. The van der Waals surface area contributed by atoms with Crippen molar-refractivity contribution in [1.29, 1.82) is 0 Å². The molecular formula is C13H16ClFO2. The zero-order valence-electron chi connectivity index (χ0n) is 10.0. The van der Waals surface area contributed by atoms with E-state index in [2.05, 4.69) is 0 Å². The van der Waals surface area contributed by atoms with E-state index >= 15 is 0 Å². The Labute approximate surface area is 106 Å². The van der Waals surface area contributed by atoms with E-state index in [9.17, 15) is 9.18 Å². The number of esters is 1. The maximum Gasteiger partial charge on any atom is 0.313 e. The van der Waals surface area contributed by atoms with Crippen molar-refractivity contribution in [2.24, 2.45) is 0 Å². The molecule has 1 aromatic rings. The van der Waals surface area contributed by atoms with Gasteiger partial charge in [0.25, 0.3) is 0 Å². The lowest BCUT2D eigenvalue weighted by Gasteiger charge is -2.15. The molecule has 4 heteroatoms. The number of benzene rings is 1. The van der Waals surface area contributed by atoms with E-state index in [0.29, 0.717) is 23.6 Å². The summed E-state index contributed by atoms with van der Waals surface area (Å²) in [6.45, 7) is 3.98. The zero-order chi connectivity index (χ0) is 12.8. The zero-order valence-corrected chi connectivity index (χ0v) is 10.8. The first-order chi connectivity index (χ1) is 8.10. The van der Waals surface area contributed by atoms with Gasteiger partial charge in [-0.1, -0.05) is 31.0 Å². The summed E-state index contributed by atoms with van der Waals surface area (Å²) in [5.41, 5.74) is 0.356. The highest BCUT2D eigenvalue weighted by Crippen LogP contribution is 2.27. The molecule has 0 heterocycles. The summed E-state index contributed by atoms with van der Waals surface area (Å²) >= 11 is 5.68. The van der Waals surface area contributed by atoms with Gasteiger partial charge in [-0.2, -0.15) is 0 Å². The van der Waals surface area contributed by atoms with Crippen molar-refractivity contribution in [1.82, 2.24) is 0 Å². The van der Waals surface area contributed by atoms with Crippen LogP contribution >= 0.6 is 11.6 Å². The summed E-state index contributed by atoms with van der Waals surface area (Å²) in [6, 6.07) is 4.36. The van der Waals surface area contributed by atoms with E-state index in [1.165, 1.54) is 6.07 Å². The fourth-order valence-corrected chi connectivity index (χ4v) is 1.87. The molecule has 1 atom stereocenters. The van der Waals surface area contributed by atoms with Crippen molar-refractivity contribution in [2.75, 3.05) is 6.61 Å². The molecule has 0 saturated carbocycles. The van der Waals surface area contributed by atoms with Crippen LogP contribution < -0.4 is 0 Å². The summed E-state index contributed by atoms with van der Waals surface area (Å²) in [7, 11) is 0. The van der Waals surface area contributed by atoms with Gasteiger partial charge in [0.1, 0.15) is 5.82 Å². The van der Waals surface area contributed by atoms with E-state index in [4.69, 9.17) is 16.3 Å². The number of carbonyl (C=O) groups excluding carboxylic acids is 1. The Morgan fingerprint density at radius 2 is 2.18 bits per heavy atom. The second kappa shape index (κ2) is 6.60. The van der Waals surface area contributed by atoms with E-state index in [0.717, 1.165) is 6.42 Å². The minimum Gasteiger partial charge on any atom is -0.466 e. The van der Waals surface area contributed by atoms with Gasteiger partial charge in [-0.05, 0) is 25.5 Å². The fourth-order valence-electron chi connectivity index (χ4n) is 1.72. The molecule has 1 aromatic carbocycles. The molecule has 94 valence electrons. The molecule has 0 fully saturated rings. The number of carbonyl (C=O) groups is 1. The highest BCUT2D eigenvalue weighted by Gasteiger charge is 2.24. The highest BCUT2D eigenvalue weighted by atomic mass is 35.5. The molecule has 0 bridgehead atoms. The third-order valence-electron chi connectivity index (χ3n) is 2.49. The quantitative estimate of drug-likeness (QED) is 0.748. The molecule has 2 nitrogen and oxygen atoms in total. The van der Waals surface area contributed by atoms with Crippen LogP contribution in [0, 0.1) is 5.82 Å². The lowest BCUT2D eigenvalue weighted by molar-refractivity contribution is -0.145. The first-order valence-corrected chi connectivity index (χ1v) is 6.09. The third-order valence-corrected chi connectivity index (χ3v) is 2.72. The Hall–Kier alpha value is -1.09. The van der Waals surface area contributed by atoms with Crippen molar-refractivity contribution in [3.05, 3.63) is 34.6 Å². The fraction of sp³-hybridized carbons (Fsp3) is 0.462. The maximum absolute atomic E-state index is 13.7. The van der Waals surface area contributed by atoms with Crippen molar-refractivity contribution in [3.63, 3.8) is 0 Å². The average molecular weight is 259 g/mol. The molecule has 0 saturated heterocycles. The summed E-state index contributed by atoms with van der Waals surface area (Å²) in [6.07, 6.45) is 1.35. The molecule has 0 radical (unpaired) electrons. The van der Waals surface area contributed by atoms with Crippen LogP contribution in [-0.2, 0) is 9.53 Å². The monoisotopic (exact) mass is 258 g/mol. The number of ether oxygens (including phenoxy) is 1. The molecule has 1 unspecified atom stereocenters. The number of hydrogen-bond acceptors (Lipinski definition) is 2. The van der Waals surface area contributed by atoms with Crippen LogP contribution in [0.3, 0.4) is 0 Å². The normalized spacial score (nSPS) is 12.2. The van der Waals surface area contributed by atoms with Gasteiger partial charge in [0.05, 0.1) is 12.5 Å². The van der Waals surface area contributed by atoms with Gasteiger partial charge in [-0.3, -0.25) is 4.79 Å². The molecule has 0 N–H and O–H groups in total. The molecule has 0 amide bonds. The second-order valence-electron chi connectivity index (χ2n) is 3.76. The molecular weight excluding hydrogens is 243 g/mol. The molecule has 0 aromatic heterocycles. The van der Waals surface area contributed by atoms with E-state index in [1.807, 2.05) is 6.92 Å². The molecule has 0 aliphatic heterocycles. The molecule has 17 heavy (non-hydrogen) atoms. The smallest absolute Gasteiger partial charge is 0.313 e. The Kier molecular flexibility index (Phi) is 5.42. The van der Waals surface area contributed by atoms with Gasteiger partial charge >= 0.3 is 5.97 Å². The molecule has 0 aliphatic rings. The summed E-state index contributed by atoms with van der Waals surface area (Å²) in [5.74, 6) is -1.38. The van der Waals surface area contributed by atoms with Gasteiger partial charge < -0.3 is 4.74 Å². The van der Waals surface area contributed by atoms with Gasteiger partial charge in [0.15, 0.2) is 0 Å². The predicted octanol–water partition coefficient (Wildman–Crippen LogP) is 3.93. The van der Waals surface area contributed by atoms with E-state index < -0.39 is 11.7 Å². The minimum absolute atomic E-state index is 0.300. The Morgan fingerprint density at radius 1 is 1.47 bits per heavy atom. The van der Waals surface area contributed by atoms with E-state index in [-0.39, 0.29) is 5.97 Å². The minimum atomic E-state index is -0.544. The van der Waals surface area contributed by atoms with Crippen LogP contribution in [-0.4, -0.2) is 12.6 Å². The Bertz CT molecular complexity index is 393. The van der Waals surface area contributed by atoms with Gasteiger partial charge in [0, 0.05) is 10.6 Å². The number of rotatable bonds is 5. The van der Waals surface area contributed by atoms with Crippen LogP contribution in [0.1, 0.15) is 38.2 Å². The van der Waals surface area contributed by atoms with Crippen molar-refractivity contribution >= 4 is 17.6 Å². The Balaban J connectivity index is 3.00. The van der Waals surface area contributed by atoms with E-state index in [1.54, 1.807) is 19.1 Å². The summed E-state index contributed by atoms with van der Waals surface area (Å²) < 4.78 is 18.7. The van der Waals surface area contributed by atoms with Gasteiger partial charge in [0.2, 0.25) is 0 Å². The predicted molar refractivity (Wildman–Crippen MR) is 65.7 cm³/mol.